The molecule has 0 aliphatic rings. The number of nitriles is 1. The summed E-state index contributed by atoms with van der Waals surface area (Å²) >= 11 is 1.08. The van der Waals surface area contributed by atoms with Gasteiger partial charge in [0.15, 0.2) is 16.6 Å². The number of ether oxygens (including phenoxy) is 2. The Morgan fingerprint density at radius 3 is 2.55 bits per heavy atom. The van der Waals surface area contributed by atoms with Crippen LogP contribution >= 0.6 is 11.3 Å². The van der Waals surface area contributed by atoms with Crippen LogP contribution in [0, 0.1) is 17.1 Å². The van der Waals surface area contributed by atoms with Crippen LogP contribution in [0.1, 0.15) is 12.6 Å². The molecule has 3 rings (SSSR count). The van der Waals surface area contributed by atoms with Gasteiger partial charge in [-0.25, -0.2) is 9.37 Å². The maximum absolute atomic E-state index is 14.2. The summed E-state index contributed by atoms with van der Waals surface area (Å²) in [5.74, 6) is -0.758. The lowest BCUT2D eigenvalue weighted by molar-refractivity contribution is -0.116. The molecule has 0 fully saturated rings. The van der Waals surface area contributed by atoms with Crippen LogP contribution in [0.3, 0.4) is 0 Å². The summed E-state index contributed by atoms with van der Waals surface area (Å²) in [5, 5.41) is 13.9. The number of carbonyl (C=O) groups excluding carboxylic acids is 2. The first-order valence-corrected chi connectivity index (χ1v) is 10.4. The van der Waals surface area contributed by atoms with Crippen LogP contribution in [-0.4, -0.2) is 31.0 Å². The second kappa shape index (κ2) is 10.4. The highest BCUT2D eigenvalue weighted by molar-refractivity contribution is 7.14. The maximum atomic E-state index is 14.2. The van der Waals surface area contributed by atoms with E-state index in [1.807, 2.05) is 6.07 Å². The molecule has 10 heteroatoms. The van der Waals surface area contributed by atoms with E-state index >= 15 is 0 Å². The molecule has 0 spiro atoms. The van der Waals surface area contributed by atoms with E-state index in [0.29, 0.717) is 17.2 Å². The molecular formula is C23H19FN4O4S. The van der Waals surface area contributed by atoms with Crippen molar-refractivity contribution < 1.29 is 23.5 Å². The highest BCUT2D eigenvalue weighted by Gasteiger charge is 2.21. The maximum Gasteiger partial charge on any atom is 0.266 e. The SMILES string of the molecule is COc1ccc(NC(=O)/C(C#N)=C/c2csc(N(C(C)=O)c3ccccc3F)n2)cc1OC. The number of thiazole rings is 1. The zero-order valence-corrected chi connectivity index (χ0v) is 18.8. The lowest BCUT2D eigenvalue weighted by Crippen LogP contribution is -2.23. The van der Waals surface area contributed by atoms with Crippen molar-refractivity contribution in [2.24, 2.45) is 0 Å². The molecule has 0 saturated carbocycles. The van der Waals surface area contributed by atoms with Crippen LogP contribution in [0.5, 0.6) is 11.5 Å². The van der Waals surface area contributed by atoms with Crippen molar-refractivity contribution in [1.82, 2.24) is 4.98 Å². The Hall–Kier alpha value is -4.23. The molecule has 0 aliphatic carbocycles. The van der Waals surface area contributed by atoms with Gasteiger partial charge in [0.25, 0.3) is 5.91 Å². The van der Waals surface area contributed by atoms with Gasteiger partial charge in [0.05, 0.1) is 25.6 Å². The average Bonchev–Trinajstić information content (AvgIpc) is 3.26. The zero-order chi connectivity index (χ0) is 24.0. The predicted octanol–water partition coefficient (Wildman–Crippen LogP) is 4.53. The molecule has 0 aliphatic heterocycles. The molecule has 1 N–H and O–H groups in total. The normalized spacial score (nSPS) is 10.8. The minimum atomic E-state index is -0.656. The highest BCUT2D eigenvalue weighted by Crippen LogP contribution is 2.32. The van der Waals surface area contributed by atoms with Crippen LogP contribution in [0.4, 0.5) is 20.9 Å². The van der Waals surface area contributed by atoms with E-state index in [2.05, 4.69) is 10.3 Å². The molecule has 3 aromatic rings. The van der Waals surface area contributed by atoms with Gasteiger partial charge in [-0.05, 0) is 30.3 Å². The molecule has 0 bridgehead atoms. The van der Waals surface area contributed by atoms with Gasteiger partial charge in [-0.15, -0.1) is 11.3 Å². The molecule has 2 aromatic carbocycles. The van der Waals surface area contributed by atoms with Gasteiger partial charge in [0.1, 0.15) is 17.5 Å². The lowest BCUT2D eigenvalue weighted by Gasteiger charge is -2.18. The second-order valence-electron chi connectivity index (χ2n) is 6.55. The Labute approximate surface area is 193 Å². The molecule has 0 radical (unpaired) electrons. The van der Waals surface area contributed by atoms with Gasteiger partial charge < -0.3 is 14.8 Å². The number of amides is 2. The zero-order valence-electron chi connectivity index (χ0n) is 18.0. The Bertz CT molecular complexity index is 1270. The number of anilines is 3. The van der Waals surface area contributed by atoms with Crippen LogP contribution in [0.25, 0.3) is 6.08 Å². The third kappa shape index (κ3) is 5.34. The quantitative estimate of drug-likeness (QED) is 0.405. The minimum absolute atomic E-state index is 0.0570. The van der Waals surface area contributed by atoms with Crippen molar-refractivity contribution in [2.75, 3.05) is 24.4 Å². The van der Waals surface area contributed by atoms with Crippen LogP contribution in [0.2, 0.25) is 0 Å². The molecule has 2 amide bonds. The summed E-state index contributed by atoms with van der Waals surface area (Å²) in [5.41, 5.74) is 0.528. The topological polar surface area (TPSA) is 105 Å². The number of carbonyl (C=O) groups is 2. The van der Waals surface area contributed by atoms with Crippen molar-refractivity contribution in [3.05, 3.63) is 64.9 Å². The molecule has 168 valence electrons. The summed E-state index contributed by atoms with van der Waals surface area (Å²) in [6, 6.07) is 12.5. The van der Waals surface area contributed by atoms with Gasteiger partial charge in [-0.2, -0.15) is 5.26 Å². The molecule has 33 heavy (non-hydrogen) atoms. The van der Waals surface area contributed by atoms with Gasteiger partial charge in [0.2, 0.25) is 5.91 Å². The third-order valence-electron chi connectivity index (χ3n) is 4.41. The van der Waals surface area contributed by atoms with Gasteiger partial charge in [-0.3, -0.25) is 14.5 Å². The second-order valence-corrected chi connectivity index (χ2v) is 7.39. The van der Waals surface area contributed by atoms with Crippen molar-refractivity contribution in [3.63, 3.8) is 0 Å². The number of nitrogens with one attached hydrogen (secondary N) is 1. The van der Waals surface area contributed by atoms with E-state index in [-0.39, 0.29) is 22.1 Å². The number of methoxy groups -OCH3 is 2. The number of para-hydroxylation sites is 1. The van der Waals surface area contributed by atoms with Crippen molar-refractivity contribution in [2.45, 2.75) is 6.92 Å². The molecular weight excluding hydrogens is 447 g/mol. The number of benzene rings is 2. The van der Waals surface area contributed by atoms with E-state index < -0.39 is 17.6 Å². The minimum Gasteiger partial charge on any atom is -0.493 e. The van der Waals surface area contributed by atoms with Gasteiger partial charge in [0, 0.05) is 24.1 Å². The standard InChI is InChI=1S/C23H19FN4O4S/c1-14(29)28(19-7-5-4-6-18(19)24)23-27-17(13-33-23)10-15(12-25)22(30)26-16-8-9-20(31-2)21(11-16)32-3/h4-11,13H,1-3H3,(H,26,30)/b15-10+. The number of halogens is 1. The Morgan fingerprint density at radius 2 is 1.91 bits per heavy atom. The van der Waals surface area contributed by atoms with E-state index in [0.717, 1.165) is 16.2 Å². The number of nitrogens with zero attached hydrogens (tertiary/aromatic N) is 3. The van der Waals surface area contributed by atoms with Gasteiger partial charge >= 0.3 is 0 Å². The molecule has 1 heterocycles. The Morgan fingerprint density at radius 1 is 1.18 bits per heavy atom. The van der Waals surface area contributed by atoms with E-state index in [4.69, 9.17) is 9.47 Å². The number of aromatic nitrogens is 1. The molecule has 0 atom stereocenters. The van der Waals surface area contributed by atoms with E-state index in [9.17, 15) is 19.2 Å². The highest BCUT2D eigenvalue weighted by atomic mass is 32.1. The summed E-state index contributed by atoms with van der Waals surface area (Å²) in [6.07, 6.45) is 1.29. The Balaban J connectivity index is 1.85. The monoisotopic (exact) mass is 466 g/mol. The smallest absolute Gasteiger partial charge is 0.266 e. The summed E-state index contributed by atoms with van der Waals surface area (Å²) < 4.78 is 24.6. The molecule has 0 saturated heterocycles. The first kappa shape index (κ1) is 23.4. The van der Waals surface area contributed by atoms with E-state index in [1.165, 1.54) is 45.4 Å². The van der Waals surface area contributed by atoms with Gasteiger partial charge in [-0.1, -0.05) is 12.1 Å². The molecule has 0 unspecified atom stereocenters. The van der Waals surface area contributed by atoms with Crippen LogP contribution in [-0.2, 0) is 9.59 Å². The van der Waals surface area contributed by atoms with Crippen molar-refractivity contribution in [1.29, 1.82) is 5.26 Å². The van der Waals surface area contributed by atoms with Crippen LogP contribution in [0.15, 0.2) is 53.4 Å². The third-order valence-corrected chi connectivity index (χ3v) is 5.25. The number of rotatable bonds is 7. The largest absolute Gasteiger partial charge is 0.493 e. The van der Waals surface area contributed by atoms with Crippen molar-refractivity contribution >= 4 is 45.7 Å². The number of hydrogen-bond acceptors (Lipinski definition) is 7. The summed E-state index contributed by atoms with van der Waals surface area (Å²) in [4.78, 5) is 30.2. The first-order valence-electron chi connectivity index (χ1n) is 9.53. The van der Waals surface area contributed by atoms with Crippen LogP contribution < -0.4 is 19.7 Å². The van der Waals surface area contributed by atoms with E-state index in [1.54, 1.807) is 29.6 Å². The molecule has 8 nitrogen and oxygen atoms in total. The predicted molar refractivity (Wildman–Crippen MR) is 123 cm³/mol. The fraction of sp³-hybridized carbons (Fsp3) is 0.130. The first-order chi connectivity index (χ1) is 15.9. The molecule has 1 aromatic heterocycles. The van der Waals surface area contributed by atoms with Crippen molar-refractivity contribution in [3.8, 4) is 17.6 Å². The number of hydrogen-bond donors (Lipinski definition) is 1. The fourth-order valence-electron chi connectivity index (χ4n) is 2.89. The average molecular weight is 466 g/mol. The lowest BCUT2D eigenvalue weighted by atomic mass is 10.2. The Kier molecular flexibility index (Phi) is 7.38. The fourth-order valence-corrected chi connectivity index (χ4v) is 3.73. The summed E-state index contributed by atoms with van der Waals surface area (Å²) in [6.45, 7) is 1.29. The summed E-state index contributed by atoms with van der Waals surface area (Å²) in [7, 11) is 2.96.